The number of carboxylic acids is 1. The van der Waals surface area contributed by atoms with Gasteiger partial charge in [0, 0.05) is 12.7 Å². The highest BCUT2D eigenvalue weighted by molar-refractivity contribution is 5.98. The number of alkyl halides is 1. The van der Waals surface area contributed by atoms with Crippen molar-refractivity contribution in [3.05, 3.63) is 30.1 Å². The highest BCUT2D eigenvalue weighted by atomic mass is 19.1. The van der Waals surface area contributed by atoms with Crippen LogP contribution >= 0.6 is 0 Å². The van der Waals surface area contributed by atoms with Crippen LogP contribution in [0.3, 0.4) is 0 Å². The van der Waals surface area contributed by atoms with E-state index in [0.29, 0.717) is 25.8 Å². The highest BCUT2D eigenvalue weighted by Gasteiger charge is 2.35. The molecule has 2 atom stereocenters. The molecular weight excluding hydrogens is 345 g/mol. The number of Topliss-reactive ketones (excluding diaryl/α,β-unsaturated/α-hetero) is 1. The molecule has 26 heavy (non-hydrogen) atoms. The number of piperidine rings is 1. The number of aromatic nitrogens is 1. The molecule has 0 bridgehead atoms. The van der Waals surface area contributed by atoms with Gasteiger partial charge in [0.2, 0.25) is 5.91 Å². The molecule has 2 heterocycles. The Kier molecular flexibility index (Phi) is 6.76. The van der Waals surface area contributed by atoms with Crippen LogP contribution < -0.4 is 5.32 Å². The number of likely N-dealkylation sites (tertiary alicyclic amines) is 1. The Bertz CT molecular complexity index is 682. The van der Waals surface area contributed by atoms with Gasteiger partial charge in [-0.3, -0.25) is 24.2 Å². The standard InChI is InChI=1S/C17H20FN3O5/c18-10-14(22)12(9-15(23)24)20-16(25)13-6-2-4-8-21(13)17(26)11-5-1-3-7-19-11/h1,3,5,7,12-13H,2,4,6,8-10H2,(H,20,25)(H,23,24)/t12-,13-/m0/s1. The van der Waals surface area contributed by atoms with Gasteiger partial charge in [0.25, 0.3) is 5.91 Å². The minimum atomic E-state index is -1.46. The van der Waals surface area contributed by atoms with E-state index in [4.69, 9.17) is 5.11 Å². The molecule has 0 aromatic carbocycles. The molecule has 2 rings (SSSR count). The zero-order chi connectivity index (χ0) is 19.1. The van der Waals surface area contributed by atoms with Crippen LogP contribution in [0.1, 0.15) is 36.2 Å². The maximum absolute atomic E-state index is 12.6. The number of carboxylic acid groups (broad SMARTS) is 1. The van der Waals surface area contributed by atoms with Gasteiger partial charge in [-0.2, -0.15) is 0 Å². The van der Waals surface area contributed by atoms with E-state index >= 15 is 0 Å². The number of ketones is 1. The first-order chi connectivity index (χ1) is 12.4. The van der Waals surface area contributed by atoms with E-state index < -0.39 is 48.7 Å². The average molecular weight is 365 g/mol. The van der Waals surface area contributed by atoms with Crippen molar-refractivity contribution in [1.29, 1.82) is 0 Å². The predicted octanol–water partition coefficient (Wildman–Crippen LogP) is 0.574. The Balaban J connectivity index is 2.14. The van der Waals surface area contributed by atoms with Gasteiger partial charge in [-0.15, -0.1) is 0 Å². The van der Waals surface area contributed by atoms with Crippen molar-refractivity contribution in [2.24, 2.45) is 0 Å². The lowest BCUT2D eigenvalue weighted by atomic mass is 9.99. The Morgan fingerprint density at radius 1 is 1.31 bits per heavy atom. The molecule has 0 unspecified atom stereocenters. The summed E-state index contributed by atoms with van der Waals surface area (Å²) in [5.74, 6) is -3.43. The van der Waals surface area contributed by atoms with E-state index in [1.165, 1.54) is 17.2 Å². The van der Waals surface area contributed by atoms with E-state index in [0.717, 1.165) is 0 Å². The van der Waals surface area contributed by atoms with Crippen molar-refractivity contribution in [1.82, 2.24) is 15.2 Å². The summed E-state index contributed by atoms with van der Waals surface area (Å²) in [6.45, 7) is -1.03. The minimum absolute atomic E-state index is 0.189. The van der Waals surface area contributed by atoms with Crippen LogP contribution in [-0.4, -0.2) is 63.9 Å². The van der Waals surface area contributed by atoms with Gasteiger partial charge in [0.15, 0.2) is 5.78 Å². The molecule has 2 amide bonds. The number of amides is 2. The molecule has 1 fully saturated rings. The normalized spacial score (nSPS) is 18.0. The molecule has 0 aliphatic carbocycles. The Morgan fingerprint density at radius 3 is 2.69 bits per heavy atom. The Hall–Kier alpha value is -2.84. The molecule has 140 valence electrons. The second kappa shape index (κ2) is 9.02. The van der Waals surface area contributed by atoms with Gasteiger partial charge in [-0.05, 0) is 31.4 Å². The predicted molar refractivity (Wildman–Crippen MR) is 88.1 cm³/mol. The number of nitrogens with one attached hydrogen (secondary N) is 1. The number of hydrogen-bond donors (Lipinski definition) is 2. The highest BCUT2D eigenvalue weighted by Crippen LogP contribution is 2.19. The molecule has 0 saturated carbocycles. The lowest BCUT2D eigenvalue weighted by Gasteiger charge is -2.35. The molecule has 1 aliphatic rings. The lowest BCUT2D eigenvalue weighted by Crippen LogP contribution is -2.55. The van der Waals surface area contributed by atoms with Gasteiger partial charge in [-0.25, -0.2) is 4.39 Å². The fraction of sp³-hybridized carbons (Fsp3) is 0.471. The van der Waals surface area contributed by atoms with Gasteiger partial charge in [-0.1, -0.05) is 6.07 Å². The monoisotopic (exact) mass is 365 g/mol. The second-order valence-corrected chi connectivity index (χ2v) is 5.98. The minimum Gasteiger partial charge on any atom is -0.481 e. The fourth-order valence-corrected chi connectivity index (χ4v) is 2.86. The Labute approximate surface area is 149 Å². The quantitative estimate of drug-likeness (QED) is 0.730. The summed E-state index contributed by atoms with van der Waals surface area (Å²) < 4.78 is 12.6. The Morgan fingerprint density at radius 2 is 2.08 bits per heavy atom. The van der Waals surface area contributed by atoms with Crippen LogP contribution in [0.15, 0.2) is 24.4 Å². The first kappa shape index (κ1) is 19.5. The third-order valence-corrected chi connectivity index (χ3v) is 4.17. The van der Waals surface area contributed by atoms with Crippen molar-refractivity contribution < 1.29 is 28.7 Å². The van der Waals surface area contributed by atoms with Gasteiger partial charge >= 0.3 is 5.97 Å². The maximum atomic E-state index is 12.6. The molecule has 9 heteroatoms. The SMILES string of the molecule is O=C(O)C[C@H](NC(=O)[C@@H]1CCCCN1C(=O)c1ccccn1)C(=O)CF. The summed E-state index contributed by atoms with van der Waals surface area (Å²) in [5.41, 5.74) is 0.189. The van der Waals surface area contributed by atoms with Crippen LogP contribution in [0.25, 0.3) is 0 Å². The zero-order valence-corrected chi connectivity index (χ0v) is 14.1. The molecule has 0 radical (unpaired) electrons. The largest absolute Gasteiger partial charge is 0.481 e. The third kappa shape index (κ3) is 4.84. The summed E-state index contributed by atoms with van der Waals surface area (Å²) in [7, 11) is 0. The molecule has 1 aromatic rings. The number of carbonyl (C=O) groups excluding carboxylic acids is 3. The first-order valence-electron chi connectivity index (χ1n) is 8.27. The number of nitrogens with zero attached hydrogens (tertiary/aromatic N) is 2. The van der Waals surface area contributed by atoms with Crippen LogP contribution in [0.4, 0.5) is 4.39 Å². The third-order valence-electron chi connectivity index (χ3n) is 4.17. The lowest BCUT2D eigenvalue weighted by molar-refractivity contribution is -0.140. The molecule has 1 aromatic heterocycles. The van der Waals surface area contributed by atoms with E-state index in [1.807, 2.05) is 0 Å². The number of hydrogen-bond acceptors (Lipinski definition) is 5. The molecular formula is C17H20FN3O5. The topological polar surface area (TPSA) is 117 Å². The number of pyridine rings is 1. The van der Waals surface area contributed by atoms with Crippen LogP contribution in [0.5, 0.6) is 0 Å². The molecule has 1 saturated heterocycles. The second-order valence-electron chi connectivity index (χ2n) is 5.98. The number of halogens is 1. The molecule has 1 aliphatic heterocycles. The van der Waals surface area contributed by atoms with Gasteiger partial charge in [0.05, 0.1) is 6.42 Å². The van der Waals surface area contributed by atoms with Crippen LogP contribution in [0.2, 0.25) is 0 Å². The van der Waals surface area contributed by atoms with E-state index in [1.54, 1.807) is 12.1 Å². The van der Waals surface area contributed by atoms with Crippen LogP contribution in [0, 0.1) is 0 Å². The number of aliphatic carboxylic acids is 1. The molecule has 2 N–H and O–H groups in total. The smallest absolute Gasteiger partial charge is 0.305 e. The average Bonchev–Trinajstić information content (AvgIpc) is 2.66. The van der Waals surface area contributed by atoms with Crippen molar-refractivity contribution in [2.75, 3.05) is 13.2 Å². The van der Waals surface area contributed by atoms with Gasteiger partial charge < -0.3 is 15.3 Å². The fourth-order valence-electron chi connectivity index (χ4n) is 2.86. The summed E-state index contributed by atoms with van der Waals surface area (Å²) >= 11 is 0. The van der Waals surface area contributed by atoms with E-state index in [-0.39, 0.29) is 5.69 Å². The maximum Gasteiger partial charge on any atom is 0.305 e. The number of carbonyl (C=O) groups is 4. The number of rotatable bonds is 7. The first-order valence-corrected chi connectivity index (χ1v) is 8.27. The summed E-state index contributed by atoms with van der Waals surface area (Å²) in [4.78, 5) is 52.9. The summed E-state index contributed by atoms with van der Waals surface area (Å²) in [5, 5.41) is 11.1. The van der Waals surface area contributed by atoms with Crippen molar-refractivity contribution >= 4 is 23.6 Å². The zero-order valence-electron chi connectivity index (χ0n) is 14.1. The summed E-state index contributed by atoms with van der Waals surface area (Å²) in [6.07, 6.45) is 2.54. The van der Waals surface area contributed by atoms with Crippen molar-refractivity contribution in [3.8, 4) is 0 Å². The molecule has 8 nitrogen and oxygen atoms in total. The van der Waals surface area contributed by atoms with E-state index in [2.05, 4.69) is 10.3 Å². The van der Waals surface area contributed by atoms with Crippen molar-refractivity contribution in [2.45, 2.75) is 37.8 Å². The van der Waals surface area contributed by atoms with Crippen molar-refractivity contribution in [3.63, 3.8) is 0 Å². The molecule has 0 spiro atoms. The van der Waals surface area contributed by atoms with Crippen LogP contribution in [-0.2, 0) is 14.4 Å². The summed E-state index contributed by atoms with van der Waals surface area (Å²) in [6, 6.07) is 2.53. The van der Waals surface area contributed by atoms with E-state index in [9.17, 15) is 23.6 Å². The van der Waals surface area contributed by atoms with Gasteiger partial charge in [0.1, 0.15) is 24.5 Å².